The summed E-state index contributed by atoms with van der Waals surface area (Å²) >= 11 is 0. The van der Waals surface area contributed by atoms with Gasteiger partial charge in [0.1, 0.15) is 16.9 Å². The van der Waals surface area contributed by atoms with Crippen LogP contribution in [-0.2, 0) is 10.1 Å². The maximum atomic E-state index is 12.3. The Morgan fingerprint density at radius 2 is 1.59 bits per heavy atom. The van der Waals surface area contributed by atoms with Crippen molar-refractivity contribution in [2.75, 3.05) is 14.2 Å². The fourth-order valence-electron chi connectivity index (χ4n) is 1.74. The van der Waals surface area contributed by atoms with Gasteiger partial charge >= 0.3 is 10.1 Å². The Bertz CT molecular complexity index is 765. The van der Waals surface area contributed by atoms with Gasteiger partial charge in [0.25, 0.3) is 0 Å². The second-order valence-electron chi connectivity index (χ2n) is 4.24. The molecule has 0 N–H and O–H groups in total. The van der Waals surface area contributed by atoms with Crippen LogP contribution in [0.4, 0.5) is 0 Å². The third-order valence-corrected chi connectivity index (χ3v) is 4.12. The molecular formula is C15H14O6S. The molecule has 0 aliphatic heterocycles. The maximum Gasteiger partial charge on any atom is 0.339 e. The van der Waals surface area contributed by atoms with Gasteiger partial charge in [0.15, 0.2) is 11.5 Å². The van der Waals surface area contributed by atoms with E-state index in [4.69, 9.17) is 13.7 Å². The average Bonchev–Trinajstić information content (AvgIpc) is 2.54. The standard InChI is InChI=1S/C15H14O6S/c1-19-12-4-6-13(7-5-12)22(17,18)21-15-9-11(10-16)3-8-14(15)20-2/h3-10H,1-2H3. The molecule has 0 saturated heterocycles. The minimum atomic E-state index is -4.05. The second kappa shape index (κ2) is 6.48. The highest BCUT2D eigenvalue weighted by molar-refractivity contribution is 7.87. The lowest BCUT2D eigenvalue weighted by atomic mass is 10.2. The number of benzene rings is 2. The van der Waals surface area contributed by atoms with Gasteiger partial charge < -0.3 is 13.7 Å². The monoisotopic (exact) mass is 322 g/mol. The van der Waals surface area contributed by atoms with Crippen molar-refractivity contribution in [3.8, 4) is 17.2 Å². The summed E-state index contributed by atoms with van der Waals surface area (Å²) in [4.78, 5) is 10.8. The largest absolute Gasteiger partial charge is 0.497 e. The van der Waals surface area contributed by atoms with Gasteiger partial charge in [-0.25, -0.2) is 0 Å². The molecule has 0 atom stereocenters. The molecule has 0 aliphatic rings. The normalized spacial score (nSPS) is 10.8. The summed E-state index contributed by atoms with van der Waals surface area (Å²) in [6, 6.07) is 10.0. The lowest BCUT2D eigenvalue weighted by Gasteiger charge is -2.11. The molecule has 0 fully saturated rings. The van der Waals surface area contributed by atoms with E-state index in [-0.39, 0.29) is 22.0 Å². The number of ether oxygens (including phenoxy) is 2. The molecule has 0 radical (unpaired) electrons. The molecule has 0 heterocycles. The second-order valence-corrected chi connectivity index (χ2v) is 5.79. The molecule has 0 unspecified atom stereocenters. The van der Waals surface area contributed by atoms with Crippen molar-refractivity contribution in [3.63, 3.8) is 0 Å². The molecule has 2 aromatic rings. The smallest absolute Gasteiger partial charge is 0.339 e. The van der Waals surface area contributed by atoms with E-state index in [2.05, 4.69) is 0 Å². The summed E-state index contributed by atoms with van der Waals surface area (Å²) in [6.07, 6.45) is 0.590. The molecule has 0 aliphatic carbocycles. The van der Waals surface area contributed by atoms with Gasteiger partial charge in [-0.3, -0.25) is 4.79 Å². The molecule has 2 rings (SSSR count). The van der Waals surface area contributed by atoms with Crippen molar-refractivity contribution in [3.05, 3.63) is 48.0 Å². The van der Waals surface area contributed by atoms with Crippen LogP contribution in [0.15, 0.2) is 47.4 Å². The Morgan fingerprint density at radius 3 is 2.14 bits per heavy atom. The van der Waals surface area contributed by atoms with Gasteiger partial charge in [-0.15, -0.1) is 0 Å². The highest BCUT2D eigenvalue weighted by atomic mass is 32.2. The molecule has 116 valence electrons. The number of aldehydes is 1. The van der Waals surface area contributed by atoms with Crippen LogP contribution in [0.25, 0.3) is 0 Å². The first-order valence-corrected chi connectivity index (χ1v) is 7.63. The fourth-order valence-corrected chi connectivity index (χ4v) is 2.67. The zero-order valence-electron chi connectivity index (χ0n) is 12.0. The van der Waals surface area contributed by atoms with E-state index in [1.165, 1.54) is 56.7 Å². The van der Waals surface area contributed by atoms with Gasteiger partial charge in [-0.1, -0.05) is 0 Å². The predicted octanol–water partition coefficient (Wildman–Crippen LogP) is 2.28. The van der Waals surface area contributed by atoms with E-state index in [1.54, 1.807) is 0 Å². The first kappa shape index (κ1) is 15.8. The van der Waals surface area contributed by atoms with Crippen molar-refractivity contribution < 1.29 is 26.9 Å². The Morgan fingerprint density at radius 1 is 0.909 bits per heavy atom. The first-order chi connectivity index (χ1) is 10.5. The maximum absolute atomic E-state index is 12.3. The molecule has 7 heteroatoms. The van der Waals surface area contributed by atoms with Crippen LogP contribution in [0.3, 0.4) is 0 Å². The summed E-state index contributed by atoms with van der Waals surface area (Å²) in [7, 11) is -1.19. The number of methoxy groups -OCH3 is 2. The van der Waals surface area contributed by atoms with Crippen LogP contribution in [0, 0.1) is 0 Å². The van der Waals surface area contributed by atoms with Crippen LogP contribution in [-0.4, -0.2) is 28.9 Å². The van der Waals surface area contributed by atoms with E-state index in [0.29, 0.717) is 12.0 Å². The number of rotatable bonds is 6. The molecular weight excluding hydrogens is 308 g/mol. The quantitative estimate of drug-likeness (QED) is 0.600. The van der Waals surface area contributed by atoms with E-state index < -0.39 is 10.1 Å². The van der Waals surface area contributed by atoms with Crippen molar-refractivity contribution in [1.82, 2.24) is 0 Å². The summed E-state index contributed by atoms with van der Waals surface area (Å²) in [5.74, 6) is 0.685. The zero-order valence-corrected chi connectivity index (χ0v) is 12.8. The van der Waals surface area contributed by atoms with Crippen molar-refractivity contribution in [2.24, 2.45) is 0 Å². The average molecular weight is 322 g/mol. The fraction of sp³-hybridized carbons (Fsp3) is 0.133. The van der Waals surface area contributed by atoms with E-state index in [0.717, 1.165) is 0 Å². The zero-order chi connectivity index (χ0) is 16.2. The molecule has 22 heavy (non-hydrogen) atoms. The number of hydrogen-bond acceptors (Lipinski definition) is 6. The summed E-state index contributed by atoms with van der Waals surface area (Å²) in [6.45, 7) is 0. The summed E-state index contributed by atoms with van der Waals surface area (Å²) < 4.78 is 39.6. The Balaban J connectivity index is 2.37. The Kier molecular flexibility index (Phi) is 4.67. The van der Waals surface area contributed by atoms with Crippen LogP contribution in [0.1, 0.15) is 10.4 Å². The van der Waals surface area contributed by atoms with E-state index >= 15 is 0 Å². The highest BCUT2D eigenvalue weighted by Crippen LogP contribution is 2.30. The SMILES string of the molecule is COc1ccc(S(=O)(=O)Oc2cc(C=O)ccc2OC)cc1. The van der Waals surface area contributed by atoms with Gasteiger partial charge in [-0.05, 0) is 42.5 Å². The number of carbonyl (C=O) groups is 1. The minimum absolute atomic E-state index is 0.0353. The van der Waals surface area contributed by atoms with E-state index in [9.17, 15) is 13.2 Å². The van der Waals surface area contributed by atoms with Crippen LogP contribution in [0.2, 0.25) is 0 Å². The minimum Gasteiger partial charge on any atom is -0.497 e. The highest BCUT2D eigenvalue weighted by Gasteiger charge is 2.19. The van der Waals surface area contributed by atoms with Gasteiger partial charge in [0.2, 0.25) is 0 Å². The lowest BCUT2D eigenvalue weighted by molar-refractivity contribution is 0.112. The predicted molar refractivity (Wildman–Crippen MR) is 79.2 cm³/mol. The summed E-state index contributed by atoms with van der Waals surface area (Å²) in [5.41, 5.74) is 0.278. The number of hydrogen-bond donors (Lipinski definition) is 0. The lowest BCUT2D eigenvalue weighted by Crippen LogP contribution is -2.10. The number of carbonyl (C=O) groups excluding carboxylic acids is 1. The van der Waals surface area contributed by atoms with E-state index in [1.807, 2.05) is 0 Å². The molecule has 0 bridgehead atoms. The Hall–Kier alpha value is -2.54. The third-order valence-electron chi connectivity index (χ3n) is 2.87. The third kappa shape index (κ3) is 3.37. The van der Waals surface area contributed by atoms with Crippen molar-refractivity contribution >= 4 is 16.4 Å². The molecule has 2 aromatic carbocycles. The molecule has 0 saturated carbocycles. The molecule has 0 spiro atoms. The molecule has 0 aromatic heterocycles. The van der Waals surface area contributed by atoms with Crippen molar-refractivity contribution in [1.29, 1.82) is 0 Å². The molecule has 6 nitrogen and oxygen atoms in total. The van der Waals surface area contributed by atoms with Crippen LogP contribution >= 0.6 is 0 Å². The topological polar surface area (TPSA) is 78.9 Å². The van der Waals surface area contributed by atoms with Crippen molar-refractivity contribution in [2.45, 2.75) is 4.90 Å². The van der Waals surface area contributed by atoms with Gasteiger partial charge in [0, 0.05) is 5.56 Å². The van der Waals surface area contributed by atoms with Crippen LogP contribution < -0.4 is 13.7 Å². The van der Waals surface area contributed by atoms with Crippen LogP contribution in [0.5, 0.6) is 17.2 Å². The Labute approximate surface area is 128 Å². The van der Waals surface area contributed by atoms with Gasteiger partial charge in [0.05, 0.1) is 14.2 Å². The first-order valence-electron chi connectivity index (χ1n) is 6.22. The van der Waals surface area contributed by atoms with Gasteiger partial charge in [-0.2, -0.15) is 8.42 Å². The molecule has 0 amide bonds. The summed E-state index contributed by atoms with van der Waals surface area (Å²) in [5, 5.41) is 0.